The van der Waals surface area contributed by atoms with E-state index in [9.17, 15) is 0 Å². The summed E-state index contributed by atoms with van der Waals surface area (Å²) in [5, 5.41) is 0. The molecule has 1 radical (unpaired) electrons. The maximum atomic E-state index is 4.35. The smallest absolute Gasteiger partial charge is 0.161 e. The third-order valence-electron chi connectivity index (χ3n) is 2.15. The number of aromatic nitrogens is 4. The number of fused-ring (bicyclic) bond motifs is 1. The number of unbranched alkanes of at least 4 members (excludes halogenated alkanes) is 2. The van der Waals surface area contributed by atoms with Crippen LogP contribution in [0.25, 0.3) is 11.2 Å². The molecular weight excluding hydrogens is 176 g/mol. The maximum absolute atomic E-state index is 4.35. The highest BCUT2D eigenvalue weighted by molar-refractivity contribution is 5.67. The second-order valence-corrected chi connectivity index (χ2v) is 3.31. The third-order valence-corrected chi connectivity index (χ3v) is 2.15. The average Bonchev–Trinajstić information content (AvgIpc) is 2.65. The first kappa shape index (κ1) is 9.12. The summed E-state index contributed by atoms with van der Waals surface area (Å²) >= 11 is 0. The van der Waals surface area contributed by atoms with Crippen molar-refractivity contribution in [2.24, 2.45) is 0 Å². The van der Waals surface area contributed by atoms with Gasteiger partial charge in [-0.15, -0.1) is 0 Å². The van der Waals surface area contributed by atoms with Gasteiger partial charge < -0.3 is 4.98 Å². The minimum Gasteiger partial charge on any atom is -0.329 e. The predicted molar refractivity (Wildman–Crippen MR) is 53.7 cm³/mol. The summed E-state index contributed by atoms with van der Waals surface area (Å²) in [5.41, 5.74) is 1.50. The summed E-state index contributed by atoms with van der Waals surface area (Å²) in [6, 6.07) is 0. The summed E-state index contributed by atoms with van der Waals surface area (Å²) in [7, 11) is 0. The number of H-pyrrole nitrogens is 1. The second kappa shape index (κ2) is 4.17. The van der Waals surface area contributed by atoms with Crippen LogP contribution in [-0.4, -0.2) is 19.9 Å². The van der Waals surface area contributed by atoms with Gasteiger partial charge in [-0.25, -0.2) is 15.0 Å². The molecule has 0 atom stereocenters. The Morgan fingerprint density at radius 2 is 2.36 bits per heavy atom. The molecule has 4 nitrogen and oxygen atoms in total. The van der Waals surface area contributed by atoms with Crippen LogP contribution in [0.15, 0.2) is 6.33 Å². The Balaban J connectivity index is 2.10. The molecule has 2 heterocycles. The van der Waals surface area contributed by atoms with Crippen molar-refractivity contribution in [2.75, 3.05) is 0 Å². The van der Waals surface area contributed by atoms with Crippen molar-refractivity contribution < 1.29 is 0 Å². The zero-order valence-corrected chi connectivity index (χ0v) is 8.25. The van der Waals surface area contributed by atoms with E-state index in [0.29, 0.717) is 5.52 Å². The van der Waals surface area contributed by atoms with E-state index in [1.165, 1.54) is 12.8 Å². The molecule has 0 fully saturated rings. The van der Waals surface area contributed by atoms with Gasteiger partial charge >= 0.3 is 0 Å². The van der Waals surface area contributed by atoms with Gasteiger partial charge in [0, 0.05) is 6.42 Å². The first-order valence-electron chi connectivity index (χ1n) is 4.98. The van der Waals surface area contributed by atoms with Crippen LogP contribution in [0.1, 0.15) is 32.0 Å². The molecule has 2 aromatic heterocycles. The summed E-state index contributed by atoms with van der Waals surface area (Å²) in [6.45, 7) is 2.19. The van der Waals surface area contributed by atoms with E-state index in [-0.39, 0.29) is 0 Å². The molecule has 0 aliphatic rings. The summed E-state index contributed by atoms with van der Waals surface area (Å²) in [4.78, 5) is 15.5. The molecular formula is C10H13N4. The highest BCUT2D eigenvalue weighted by Gasteiger charge is 2.01. The van der Waals surface area contributed by atoms with Crippen molar-refractivity contribution in [3.8, 4) is 0 Å². The van der Waals surface area contributed by atoms with Gasteiger partial charge in [0.25, 0.3) is 0 Å². The van der Waals surface area contributed by atoms with Crippen LogP contribution in [0.3, 0.4) is 0 Å². The zero-order valence-electron chi connectivity index (χ0n) is 8.25. The van der Waals surface area contributed by atoms with Crippen LogP contribution in [0.2, 0.25) is 0 Å². The standard InChI is InChI=1S/C10H13N4/c1-2-3-4-5-9-11-6-8-10(14-9)13-7-12-8/h7H,2-5H2,1H3,(H,11,12,13,14). The monoisotopic (exact) mass is 189 g/mol. The van der Waals surface area contributed by atoms with Crippen molar-refractivity contribution in [1.82, 2.24) is 19.9 Å². The molecule has 0 saturated heterocycles. The van der Waals surface area contributed by atoms with Crippen LogP contribution in [0.5, 0.6) is 0 Å². The molecule has 0 aliphatic heterocycles. The number of imidazole rings is 1. The largest absolute Gasteiger partial charge is 0.329 e. The number of nitrogens with one attached hydrogen (secondary N) is 1. The van der Waals surface area contributed by atoms with Gasteiger partial charge in [-0.1, -0.05) is 19.8 Å². The van der Waals surface area contributed by atoms with E-state index in [4.69, 9.17) is 0 Å². The topological polar surface area (TPSA) is 54.5 Å². The molecule has 14 heavy (non-hydrogen) atoms. The number of hydrogen-bond donors (Lipinski definition) is 1. The van der Waals surface area contributed by atoms with Gasteiger partial charge in [-0.3, -0.25) is 0 Å². The van der Waals surface area contributed by atoms with Crippen LogP contribution < -0.4 is 0 Å². The van der Waals surface area contributed by atoms with E-state index >= 15 is 0 Å². The minimum atomic E-state index is 0.712. The molecule has 0 aromatic carbocycles. The molecule has 73 valence electrons. The SMILES string of the molecule is CCCCCc1n[c]c2nc[nH]c2n1. The van der Waals surface area contributed by atoms with Crippen LogP contribution >= 0.6 is 0 Å². The molecule has 4 heteroatoms. The summed E-state index contributed by atoms with van der Waals surface area (Å²) in [5.74, 6) is 0.857. The van der Waals surface area contributed by atoms with Crippen molar-refractivity contribution in [3.63, 3.8) is 0 Å². The first-order valence-corrected chi connectivity index (χ1v) is 4.98. The van der Waals surface area contributed by atoms with Crippen LogP contribution in [0.4, 0.5) is 0 Å². The second-order valence-electron chi connectivity index (χ2n) is 3.31. The van der Waals surface area contributed by atoms with Gasteiger partial charge in [0.05, 0.1) is 6.33 Å². The van der Waals surface area contributed by atoms with E-state index in [1.807, 2.05) is 0 Å². The number of nitrogens with zero attached hydrogens (tertiary/aromatic N) is 3. The van der Waals surface area contributed by atoms with E-state index < -0.39 is 0 Å². The lowest BCUT2D eigenvalue weighted by atomic mass is 10.2. The lowest BCUT2D eigenvalue weighted by Gasteiger charge is -1.97. The Morgan fingerprint density at radius 3 is 3.21 bits per heavy atom. The molecule has 0 unspecified atom stereocenters. The highest BCUT2D eigenvalue weighted by atomic mass is 15.0. The van der Waals surface area contributed by atoms with Gasteiger partial charge in [-0.05, 0) is 6.42 Å². The molecule has 0 bridgehead atoms. The number of aromatic amines is 1. The molecule has 2 aromatic rings. The maximum Gasteiger partial charge on any atom is 0.161 e. The fraction of sp³-hybridized carbons (Fsp3) is 0.500. The van der Waals surface area contributed by atoms with Crippen molar-refractivity contribution >= 4 is 11.2 Å². The quantitative estimate of drug-likeness (QED) is 0.747. The van der Waals surface area contributed by atoms with Gasteiger partial charge in [0.1, 0.15) is 17.5 Å². The zero-order chi connectivity index (χ0) is 9.80. The van der Waals surface area contributed by atoms with Crippen molar-refractivity contribution in [1.29, 1.82) is 0 Å². The lowest BCUT2D eigenvalue weighted by Crippen LogP contribution is -1.95. The van der Waals surface area contributed by atoms with Crippen LogP contribution in [0, 0.1) is 6.20 Å². The van der Waals surface area contributed by atoms with E-state index in [1.54, 1.807) is 6.33 Å². The highest BCUT2D eigenvalue weighted by Crippen LogP contribution is 2.06. The Labute approximate surface area is 82.8 Å². The molecule has 1 N–H and O–H groups in total. The number of aryl methyl sites for hydroxylation is 1. The average molecular weight is 189 g/mol. The van der Waals surface area contributed by atoms with Crippen LogP contribution in [-0.2, 0) is 6.42 Å². The molecule has 0 saturated carbocycles. The Kier molecular flexibility index (Phi) is 2.72. The molecule has 0 amide bonds. The van der Waals surface area contributed by atoms with Gasteiger partial charge in [0.2, 0.25) is 0 Å². The lowest BCUT2D eigenvalue weighted by molar-refractivity contribution is 0.695. The fourth-order valence-electron chi connectivity index (χ4n) is 1.37. The van der Waals surface area contributed by atoms with E-state index in [2.05, 4.69) is 33.1 Å². The Hall–Kier alpha value is -1.45. The van der Waals surface area contributed by atoms with E-state index in [0.717, 1.165) is 24.3 Å². The third kappa shape index (κ3) is 1.89. The van der Waals surface area contributed by atoms with Gasteiger partial charge in [-0.2, -0.15) is 0 Å². The number of rotatable bonds is 4. The molecule has 2 rings (SSSR count). The Morgan fingerprint density at radius 1 is 1.43 bits per heavy atom. The summed E-state index contributed by atoms with van der Waals surface area (Å²) < 4.78 is 0. The first-order chi connectivity index (χ1) is 6.90. The predicted octanol–water partition coefficient (Wildman–Crippen LogP) is 1.89. The van der Waals surface area contributed by atoms with Crippen molar-refractivity contribution in [2.45, 2.75) is 32.6 Å². The van der Waals surface area contributed by atoms with Crippen molar-refractivity contribution in [3.05, 3.63) is 18.3 Å². The van der Waals surface area contributed by atoms with Gasteiger partial charge in [0.15, 0.2) is 5.65 Å². The number of hydrogen-bond acceptors (Lipinski definition) is 3. The Bertz CT molecular complexity index is 407. The molecule has 0 aliphatic carbocycles. The minimum absolute atomic E-state index is 0.712. The fourth-order valence-corrected chi connectivity index (χ4v) is 1.37. The summed E-state index contributed by atoms with van der Waals surface area (Å²) in [6.07, 6.45) is 9.01. The normalized spacial score (nSPS) is 10.9. The molecule has 0 spiro atoms.